The molecule has 0 bridgehead atoms. The second-order valence-corrected chi connectivity index (χ2v) is 2.77. The molecule has 1 rings (SSSR count). The van der Waals surface area contributed by atoms with Gasteiger partial charge < -0.3 is 5.73 Å². The van der Waals surface area contributed by atoms with Crippen molar-refractivity contribution < 1.29 is 0 Å². The van der Waals surface area contributed by atoms with Crippen LogP contribution in [0.2, 0.25) is 0 Å². The summed E-state index contributed by atoms with van der Waals surface area (Å²) in [6, 6.07) is 0. The van der Waals surface area contributed by atoms with Crippen LogP contribution in [0.4, 0.5) is 5.13 Å². The predicted octanol–water partition coefficient (Wildman–Crippen LogP) is 1.27. The Morgan fingerprint density at radius 2 is 2.67 bits per heavy atom. The van der Waals surface area contributed by atoms with Crippen molar-refractivity contribution in [2.75, 3.05) is 5.73 Å². The number of hydrogen-bond donors (Lipinski definition) is 1. The van der Waals surface area contributed by atoms with Crippen molar-refractivity contribution in [1.29, 1.82) is 0 Å². The summed E-state index contributed by atoms with van der Waals surface area (Å²) in [5.41, 5.74) is 6.33. The third kappa shape index (κ3) is 1.73. The predicted molar refractivity (Wildman–Crippen MR) is 43.9 cm³/mol. The quantitative estimate of drug-likeness (QED) is 0.659. The molecule has 0 radical (unpaired) electrons. The number of anilines is 1. The third-order valence-corrected chi connectivity index (χ3v) is 1.75. The van der Waals surface area contributed by atoms with Crippen LogP contribution in [0, 0.1) is 0 Å². The highest BCUT2D eigenvalue weighted by Crippen LogP contribution is 2.10. The summed E-state index contributed by atoms with van der Waals surface area (Å²) in [6.45, 7) is 0. The Morgan fingerprint density at radius 3 is 3.11 bits per heavy atom. The van der Waals surface area contributed by atoms with Crippen molar-refractivity contribution in [3.63, 3.8) is 0 Å². The van der Waals surface area contributed by atoms with Gasteiger partial charge in [0.05, 0.1) is 5.69 Å². The SMILES string of the molecule is Nc1nc(CC=S)cs1. The molecule has 0 unspecified atom stereocenters. The molecule has 9 heavy (non-hydrogen) atoms. The van der Waals surface area contributed by atoms with E-state index in [4.69, 9.17) is 5.73 Å². The highest BCUT2D eigenvalue weighted by molar-refractivity contribution is 7.78. The monoisotopic (exact) mass is 158 g/mol. The number of nitrogen functional groups attached to an aromatic ring is 1. The summed E-state index contributed by atoms with van der Waals surface area (Å²) in [5, 5.41) is 4.17. The first-order valence-corrected chi connectivity index (χ1v) is 3.81. The summed E-state index contributed by atoms with van der Waals surface area (Å²) >= 11 is 6.09. The van der Waals surface area contributed by atoms with Gasteiger partial charge in [-0.05, 0) is 5.37 Å². The molecular formula is C5H6N2S2. The fourth-order valence-corrected chi connectivity index (χ4v) is 1.25. The van der Waals surface area contributed by atoms with Crippen LogP contribution in [0.25, 0.3) is 0 Å². The molecule has 0 aliphatic heterocycles. The van der Waals surface area contributed by atoms with Crippen LogP contribution >= 0.6 is 23.6 Å². The molecule has 0 spiro atoms. The number of thiocarbonyl (C=S) groups is 1. The Hall–Kier alpha value is -0.480. The molecule has 0 fully saturated rings. The van der Waals surface area contributed by atoms with Gasteiger partial charge in [-0.3, -0.25) is 0 Å². The van der Waals surface area contributed by atoms with E-state index in [1.165, 1.54) is 11.3 Å². The van der Waals surface area contributed by atoms with Crippen LogP contribution in [0.3, 0.4) is 0 Å². The van der Waals surface area contributed by atoms with E-state index in [-0.39, 0.29) is 0 Å². The molecule has 0 aliphatic carbocycles. The number of nitrogens with zero attached hydrogens (tertiary/aromatic N) is 1. The molecule has 2 nitrogen and oxygen atoms in total. The lowest BCUT2D eigenvalue weighted by atomic mass is 10.4. The Balaban J connectivity index is 2.72. The number of nitrogens with two attached hydrogens (primary N) is 1. The summed E-state index contributed by atoms with van der Waals surface area (Å²) < 4.78 is 0. The lowest BCUT2D eigenvalue weighted by Crippen LogP contribution is -1.86. The molecule has 0 aliphatic rings. The zero-order chi connectivity index (χ0) is 6.69. The number of thiazole rings is 1. The molecule has 0 amide bonds. The minimum atomic E-state index is 0.613. The van der Waals surface area contributed by atoms with E-state index in [1.54, 1.807) is 5.37 Å². The van der Waals surface area contributed by atoms with Crippen molar-refractivity contribution in [3.8, 4) is 0 Å². The van der Waals surface area contributed by atoms with Crippen LogP contribution in [0.1, 0.15) is 5.69 Å². The highest BCUT2D eigenvalue weighted by atomic mass is 32.1. The number of rotatable bonds is 2. The maximum Gasteiger partial charge on any atom is 0.180 e. The minimum Gasteiger partial charge on any atom is -0.375 e. The van der Waals surface area contributed by atoms with E-state index in [0.717, 1.165) is 12.1 Å². The van der Waals surface area contributed by atoms with Gasteiger partial charge in [-0.15, -0.1) is 11.3 Å². The van der Waals surface area contributed by atoms with Gasteiger partial charge >= 0.3 is 0 Å². The van der Waals surface area contributed by atoms with Crippen molar-refractivity contribution in [2.45, 2.75) is 6.42 Å². The average Bonchev–Trinajstić information content (AvgIpc) is 2.17. The molecule has 1 aromatic heterocycles. The van der Waals surface area contributed by atoms with E-state index in [9.17, 15) is 0 Å². The van der Waals surface area contributed by atoms with Crippen molar-refractivity contribution >= 4 is 34.1 Å². The normalized spacial score (nSPS) is 9.33. The Bertz CT molecular complexity index is 206. The molecule has 1 heterocycles. The first kappa shape index (κ1) is 6.64. The standard InChI is InChI=1S/C5H6N2S2/c6-5-7-4(1-2-8)3-9-5/h2-3H,1H2,(H2,6,7). The van der Waals surface area contributed by atoms with Gasteiger partial charge in [0.15, 0.2) is 5.13 Å². The summed E-state index contributed by atoms with van der Waals surface area (Å²) in [5.74, 6) is 0. The van der Waals surface area contributed by atoms with Gasteiger partial charge in [0.1, 0.15) is 0 Å². The average molecular weight is 158 g/mol. The van der Waals surface area contributed by atoms with Gasteiger partial charge in [0.2, 0.25) is 0 Å². The summed E-state index contributed by atoms with van der Waals surface area (Å²) in [4.78, 5) is 4.00. The first-order chi connectivity index (χ1) is 4.33. The molecule has 1 aromatic rings. The fraction of sp³-hybridized carbons (Fsp3) is 0.200. The Morgan fingerprint density at radius 1 is 1.89 bits per heavy atom. The maximum atomic E-state index is 5.37. The zero-order valence-corrected chi connectivity index (χ0v) is 6.34. The van der Waals surface area contributed by atoms with Gasteiger partial charge in [-0.1, -0.05) is 12.2 Å². The molecule has 2 N–H and O–H groups in total. The van der Waals surface area contributed by atoms with Crippen molar-refractivity contribution in [1.82, 2.24) is 4.98 Å². The molecule has 48 valence electrons. The largest absolute Gasteiger partial charge is 0.375 e. The lowest BCUT2D eigenvalue weighted by Gasteiger charge is -1.80. The van der Waals surface area contributed by atoms with E-state index < -0.39 is 0 Å². The molecule has 0 atom stereocenters. The molecule has 4 heteroatoms. The third-order valence-electron chi connectivity index (χ3n) is 0.862. The van der Waals surface area contributed by atoms with E-state index in [1.807, 2.05) is 5.38 Å². The topological polar surface area (TPSA) is 38.9 Å². The maximum absolute atomic E-state index is 5.37. The summed E-state index contributed by atoms with van der Waals surface area (Å²) in [6.07, 6.45) is 0.739. The molecular weight excluding hydrogens is 152 g/mol. The van der Waals surface area contributed by atoms with Crippen LogP contribution < -0.4 is 5.73 Å². The van der Waals surface area contributed by atoms with Crippen molar-refractivity contribution in [2.24, 2.45) is 0 Å². The summed E-state index contributed by atoms with van der Waals surface area (Å²) in [7, 11) is 0. The zero-order valence-electron chi connectivity index (χ0n) is 4.70. The lowest BCUT2D eigenvalue weighted by molar-refractivity contribution is 1.22. The smallest absolute Gasteiger partial charge is 0.180 e. The van der Waals surface area contributed by atoms with Gasteiger partial charge in [0.25, 0.3) is 0 Å². The Kier molecular flexibility index (Phi) is 2.13. The van der Waals surface area contributed by atoms with Gasteiger partial charge in [0, 0.05) is 11.8 Å². The van der Waals surface area contributed by atoms with Crippen LogP contribution in [-0.2, 0) is 6.42 Å². The van der Waals surface area contributed by atoms with Crippen LogP contribution in [-0.4, -0.2) is 10.4 Å². The van der Waals surface area contributed by atoms with E-state index in [2.05, 4.69) is 17.2 Å². The number of aromatic nitrogens is 1. The van der Waals surface area contributed by atoms with Gasteiger partial charge in [-0.2, -0.15) is 0 Å². The number of hydrogen-bond acceptors (Lipinski definition) is 4. The molecule has 0 aromatic carbocycles. The van der Waals surface area contributed by atoms with Gasteiger partial charge in [-0.25, -0.2) is 4.98 Å². The second-order valence-electron chi connectivity index (χ2n) is 1.55. The fourth-order valence-electron chi connectivity index (χ4n) is 0.502. The van der Waals surface area contributed by atoms with E-state index in [0.29, 0.717) is 5.13 Å². The second kappa shape index (κ2) is 2.89. The first-order valence-electron chi connectivity index (χ1n) is 2.46. The molecule has 0 saturated heterocycles. The van der Waals surface area contributed by atoms with E-state index >= 15 is 0 Å². The van der Waals surface area contributed by atoms with Crippen LogP contribution in [0.5, 0.6) is 0 Å². The van der Waals surface area contributed by atoms with Crippen LogP contribution in [0.15, 0.2) is 5.38 Å². The molecule has 0 saturated carbocycles. The van der Waals surface area contributed by atoms with Crippen molar-refractivity contribution in [3.05, 3.63) is 11.1 Å². The highest BCUT2D eigenvalue weighted by Gasteiger charge is 1.93. The minimum absolute atomic E-state index is 0.613. The Labute approximate surface area is 62.7 Å².